The quantitative estimate of drug-likeness (QED) is 0.788. The average Bonchev–Trinajstić information content (AvgIpc) is 2.29. The molecule has 0 saturated carbocycles. The summed E-state index contributed by atoms with van der Waals surface area (Å²) in [5.74, 6) is -1.02. The second-order valence-electron chi connectivity index (χ2n) is 3.36. The maximum Gasteiger partial charge on any atom is 0.411 e. The summed E-state index contributed by atoms with van der Waals surface area (Å²) < 4.78 is 4.49. The lowest BCUT2D eigenvalue weighted by Crippen LogP contribution is -2.11. The van der Waals surface area contributed by atoms with Gasteiger partial charge in [0.25, 0.3) is 0 Å². The number of rotatable bonds is 3. The number of carbonyl (C=O) groups excluding carboxylic acids is 1. The fourth-order valence-corrected chi connectivity index (χ4v) is 1.21. The van der Waals surface area contributed by atoms with E-state index < -0.39 is 12.1 Å². The van der Waals surface area contributed by atoms with Crippen molar-refractivity contribution in [2.24, 2.45) is 0 Å². The van der Waals surface area contributed by atoms with Crippen LogP contribution in [-0.4, -0.2) is 24.3 Å². The van der Waals surface area contributed by atoms with Gasteiger partial charge in [0.05, 0.1) is 7.11 Å². The van der Waals surface area contributed by atoms with Gasteiger partial charge in [-0.1, -0.05) is 12.1 Å². The van der Waals surface area contributed by atoms with Gasteiger partial charge in [0.15, 0.2) is 0 Å². The van der Waals surface area contributed by atoms with Gasteiger partial charge < -0.3 is 9.84 Å². The molecule has 0 atom stereocenters. The summed E-state index contributed by atoms with van der Waals surface area (Å²) in [6, 6.07) is 5.22. The first-order chi connectivity index (χ1) is 8.02. The maximum atomic E-state index is 11.1. The van der Waals surface area contributed by atoms with Crippen LogP contribution in [0.5, 0.6) is 0 Å². The van der Waals surface area contributed by atoms with E-state index in [0.717, 1.165) is 11.6 Å². The first-order valence-corrected chi connectivity index (χ1v) is 4.89. The number of carboxylic acid groups (broad SMARTS) is 1. The van der Waals surface area contributed by atoms with Gasteiger partial charge in [-0.2, -0.15) is 0 Å². The largest absolute Gasteiger partial charge is 0.478 e. The van der Waals surface area contributed by atoms with Gasteiger partial charge in [-0.25, -0.2) is 9.59 Å². The van der Waals surface area contributed by atoms with Crippen molar-refractivity contribution in [3.8, 4) is 0 Å². The average molecular weight is 235 g/mol. The van der Waals surface area contributed by atoms with Crippen LogP contribution in [0.4, 0.5) is 10.5 Å². The molecule has 0 heterocycles. The third-order valence-corrected chi connectivity index (χ3v) is 2.10. The zero-order chi connectivity index (χ0) is 12.8. The van der Waals surface area contributed by atoms with Crippen LogP contribution in [0.3, 0.4) is 0 Å². The van der Waals surface area contributed by atoms with Crippen LogP contribution in [0.1, 0.15) is 11.1 Å². The predicted octanol–water partition coefficient (Wildman–Crippen LogP) is 2.27. The van der Waals surface area contributed by atoms with Crippen molar-refractivity contribution in [2.75, 3.05) is 12.4 Å². The van der Waals surface area contributed by atoms with Crippen molar-refractivity contribution in [1.82, 2.24) is 0 Å². The van der Waals surface area contributed by atoms with E-state index in [9.17, 15) is 9.59 Å². The standard InChI is InChI=1S/C12H13NO4/c1-8-3-4-9(5-6-11(14)15)7-10(8)13-12(16)17-2/h3-7H,1-2H3,(H,13,16)(H,14,15). The van der Waals surface area contributed by atoms with Gasteiger partial charge >= 0.3 is 12.1 Å². The second-order valence-corrected chi connectivity index (χ2v) is 3.36. The fourth-order valence-electron chi connectivity index (χ4n) is 1.21. The van der Waals surface area contributed by atoms with Crippen LogP contribution in [0, 0.1) is 6.92 Å². The molecule has 0 bridgehead atoms. The van der Waals surface area contributed by atoms with Gasteiger partial charge in [-0.3, -0.25) is 5.32 Å². The Labute approximate surface area is 98.7 Å². The number of benzene rings is 1. The molecular weight excluding hydrogens is 222 g/mol. The van der Waals surface area contributed by atoms with Crippen LogP contribution in [0.2, 0.25) is 0 Å². The molecule has 0 radical (unpaired) electrons. The minimum Gasteiger partial charge on any atom is -0.478 e. The number of anilines is 1. The first kappa shape index (κ1) is 12.8. The Morgan fingerprint density at radius 1 is 1.41 bits per heavy atom. The minimum atomic E-state index is -1.02. The van der Waals surface area contributed by atoms with E-state index >= 15 is 0 Å². The van der Waals surface area contributed by atoms with E-state index in [4.69, 9.17) is 5.11 Å². The first-order valence-electron chi connectivity index (χ1n) is 4.89. The predicted molar refractivity (Wildman–Crippen MR) is 63.9 cm³/mol. The molecule has 5 heteroatoms. The highest BCUT2D eigenvalue weighted by Crippen LogP contribution is 2.18. The summed E-state index contributed by atoms with van der Waals surface area (Å²) in [4.78, 5) is 21.4. The number of hydrogen-bond acceptors (Lipinski definition) is 3. The molecule has 0 aromatic heterocycles. The summed E-state index contributed by atoms with van der Waals surface area (Å²) in [5, 5.41) is 11.1. The van der Waals surface area contributed by atoms with Gasteiger partial charge in [-0.05, 0) is 30.2 Å². The van der Waals surface area contributed by atoms with E-state index in [0.29, 0.717) is 11.3 Å². The zero-order valence-corrected chi connectivity index (χ0v) is 9.56. The molecule has 1 aromatic rings. The topological polar surface area (TPSA) is 75.6 Å². The Hall–Kier alpha value is -2.30. The highest BCUT2D eigenvalue weighted by molar-refractivity contribution is 5.88. The van der Waals surface area contributed by atoms with Gasteiger partial charge in [0.1, 0.15) is 0 Å². The van der Waals surface area contributed by atoms with E-state index in [2.05, 4.69) is 10.1 Å². The number of hydrogen-bond donors (Lipinski definition) is 2. The summed E-state index contributed by atoms with van der Waals surface area (Å²) in [5.41, 5.74) is 2.14. The Bertz CT molecular complexity index is 466. The highest BCUT2D eigenvalue weighted by Gasteiger charge is 2.04. The van der Waals surface area contributed by atoms with Crippen LogP contribution in [0.25, 0.3) is 6.08 Å². The monoisotopic (exact) mass is 235 g/mol. The number of ether oxygens (including phenoxy) is 1. The van der Waals surface area contributed by atoms with Gasteiger partial charge in [0.2, 0.25) is 0 Å². The van der Waals surface area contributed by atoms with Crippen molar-refractivity contribution in [3.05, 3.63) is 35.4 Å². The minimum absolute atomic E-state index is 0.563. The van der Waals surface area contributed by atoms with Gasteiger partial charge in [0, 0.05) is 11.8 Å². The maximum absolute atomic E-state index is 11.1. The van der Waals surface area contributed by atoms with Crippen molar-refractivity contribution in [3.63, 3.8) is 0 Å². The van der Waals surface area contributed by atoms with Crippen LogP contribution < -0.4 is 5.32 Å². The Morgan fingerprint density at radius 3 is 2.71 bits per heavy atom. The molecule has 0 aliphatic heterocycles. The van der Waals surface area contributed by atoms with Crippen molar-refractivity contribution in [2.45, 2.75) is 6.92 Å². The Balaban J connectivity index is 2.94. The fraction of sp³-hybridized carbons (Fsp3) is 0.167. The van der Waals surface area contributed by atoms with Crippen molar-refractivity contribution in [1.29, 1.82) is 0 Å². The summed E-state index contributed by atoms with van der Waals surface area (Å²) in [6.07, 6.45) is 1.92. The van der Waals surface area contributed by atoms with E-state index in [-0.39, 0.29) is 0 Å². The summed E-state index contributed by atoms with van der Waals surface area (Å²) >= 11 is 0. The number of aryl methyl sites for hydroxylation is 1. The molecule has 0 fully saturated rings. The van der Waals surface area contributed by atoms with Crippen LogP contribution in [0.15, 0.2) is 24.3 Å². The molecule has 0 saturated heterocycles. The number of amides is 1. The third-order valence-electron chi connectivity index (χ3n) is 2.10. The third kappa shape index (κ3) is 3.98. The molecule has 1 aromatic carbocycles. The zero-order valence-electron chi connectivity index (χ0n) is 9.56. The lowest BCUT2D eigenvalue weighted by Gasteiger charge is -2.07. The molecule has 90 valence electrons. The highest BCUT2D eigenvalue weighted by atomic mass is 16.5. The molecule has 0 aliphatic rings. The number of carboxylic acids is 1. The molecule has 0 aliphatic carbocycles. The molecule has 1 rings (SSSR count). The molecule has 5 nitrogen and oxygen atoms in total. The lowest BCUT2D eigenvalue weighted by atomic mass is 10.1. The molecule has 1 amide bonds. The Kier molecular flexibility index (Phi) is 4.28. The van der Waals surface area contributed by atoms with Crippen molar-refractivity contribution < 1.29 is 19.4 Å². The SMILES string of the molecule is COC(=O)Nc1cc(C=CC(=O)O)ccc1C. The number of nitrogens with one attached hydrogen (secondary N) is 1. The summed E-state index contributed by atoms with van der Waals surface area (Å²) in [6.45, 7) is 1.83. The molecular formula is C12H13NO4. The number of aliphatic carboxylic acids is 1. The molecule has 0 unspecified atom stereocenters. The lowest BCUT2D eigenvalue weighted by molar-refractivity contribution is -0.131. The number of methoxy groups -OCH3 is 1. The molecule has 2 N–H and O–H groups in total. The molecule has 17 heavy (non-hydrogen) atoms. The van der Waals surface area contributed by atoms with E-state index in [1.165, 1.54) is 13.2 Å². The number of carbonyl (C=O) groups is 2. The van der Waals surface area contributed by atoms with Crippen molar-refractivity contribution >= 4 is 23.8 Å². The van der Waals surface area contributed by atoms with E-state index in [1.807, 2.05) is 6.92 Å². The summed E-state index contributed by atoms with van der Waals surface area (Å²) in [7, 11) is 1.28. The van der Waals surface area contributed by atoms with Crippen LogP contribution in [-0.2, 0) is 9.53 Å². The van der Waals surface area contributed by atoms with E-state index in [1.54, 1.807) is 18.2 Å². The second kappa shape index (κ2) is 5.69. The smallest absolute Gasteiger partial charge is 0.411 e. The Morgan fingerprint density at radius 2 is 2.12 bits per heavy atom. The normalized spacial score (nSPS) is 10.2. The van der Waals surface area contributed by atoms with Crippen LogP contribution >= 0.6 is 0 Å². The van der Waals surface area contributed by atoms with Gasteiger partial charge in [-0.15, -0.1) is 0 Å². The molecule has 0 spiro atoms.